The fourth-order valence-electron chi connectivity index (χ4n) is 1.46. The number of hydrogen-bond acceptors (Lipinski definition) is 2. The van der Waals surface area contributed by atoms with E-state index in [1.54, 1.807) is 0 Å². The van der Waals surface area contributed by atoms with Crippen LogP contribution in [0.1, 0.15) is 26.2 Å². The Balaban J connectivity index is 1.97. The number of nitrogens with one attached hydrogen (secondary N) is 1. The maximum Gasteiger partial charge on any atom is 0.0704 e. The minimum Gasteiger partial charge on any atom is -0.374 e. The highest BCUT2D eigenvalue weighted by Gasteiger charge is 2.20. The van der Waals surface area contributed by atoms with Crippen molar-refractivity contribution in [3.63, 3.8) is 0 Å². The van der Waals surface area contributed by atoms with E-state index in [0.717, 1.165) is 19.5 Å². The summed E-state index contributed by atoms with van der Waals surface area (Å²) in [5.74, 6) is 2.60. The second kappa shape index (κ2) is 5.18. The molecule has 0 radical (unpaired) electrons. The molecule has 2 atom stereocenters. The molecular weight excluding hydrogens is 150 g/mol. The standard InChI is InChI=1S/C10H17NO/c1-3-4-7-11-8-10-6-5-9(2)12-10/h1,9-11H,4-8H2,2H3. The van der Waals surface area contributed by atoms with Crippen LogP contribution in [0.2, 0.25) is 0 Å². The van der Waals surface area contributed by atoms with E-state index < -0.39 is 0 Å². The molecule has 0 aliphatic carbocycles. The molecule has 0 aromatic rings. The molecule has 0 saturated carbocycles. The van der Waals surface area contributed by atoms with Gasteiger partial charge in [-0.3, -0.25) is 0 Å². The highest BCUT2D eigenvalue weighted by Crippen LogP contribution is 2.17. The van der Waals surface area contributed by atoms with Crippen LogP contribution in [-0.2, 0) is 4.74 Å². The second-order valence-corrected chi connectivity index (χ2v) is 3.30. The first kappa shape index (κ1) is 9.57. The van der Waals surface area contributed by atoms with Crippen molar-refractivity contribution >= 4 is 0 Å². The summed E-state index contributed by atoms with van der Waals surface area (Å²) in [5, 5.41) is 3.28. The average Bonchev–Trinajstić information content (AvgIpc) is 2.45. The van der Waals surface area contributed by atoms with Crippen molar-refractivity contribution in [3.05, 3.63) is 0 Å². The Morgan fingerprint density at radius 1 is 1.58 bits per heavy atom. The van der Waals surface area contributed by atoms with Gasteiger partial charge < -0.3 is 10.1 Å². The van der Waals surface area contributed by atoms with Gasteiger partial charge in [0.1, 0.15) is 0 Å². The van der Waals surface area contributed by atoms with Gasteiger partial charge >= 0.3 is 0 Å². The van der Waals surface area contributed by atoms with Crippen LogP contribution in [0.25, 0.3) is 0 Å². The molecule has 0 aromatic carbocycles. The van der Waals surface area contributed by atoms with Gasteiger partial charge in [-0.05, 0) is 19.8 Å². The number of hydrogen-bond donors (Lipinski definition) is 1. The molecule has 2 nitrogen and oxygen atoms in total. The Morgan fingerprint density at radius 2 is 2.42 bits per heavy atom. The SMILES string of the molecule is C#CCCNCC1CCC(C)O1. The number of ether oxygens (including phenoxy) is 1. The topological polar surface area (TPSA) is 21.3 Å². The van der Waals surface area contributed by atoms with Gasteiger partial charge in [-0.2, -0.15) is 0 Å². The Morgan fingerprint density at radius 3 is 3.00 bits per heavy atom. The molecule has 1 aliphatic heterocycles. The Hall–Kier alpha value is -0.520. The first-order valence-corrected chi connectivity index (χ1v) is 4.62. The largest absolute Gasteiger partial charge is 0.374 e. The molecular formula is C10H17NO. The maximum absolute atomic E-state index is 5.63. The smallest absolute Gasteiger partial charge is 0.0704 e. The molecule has 0 spiro atoms. The molecule has 0 aromatic heterocycles. The van der Waals surface area contributed by atoms with Crippen molar-refractivity contribution in [1.29, 1.82) is 0 Å². The van der Waals surface area contributed by atoms with E-state index >= 15 is 0 Å². The number of terminal acetylenes is 1. The third-order valence-electron chi connectivity index (χ3n) is 2.14. The molecule has 68 valence electrons. The van der Waals surface area contributed by atoms with E-state index in [0.29, 0.717) is 12.2 Å². The minimum absolute atomic E-state index is 0.415. The van der Waals surface area contributed by atoms with Gasteiger partial charge in [0.05, 0.1) is 12.2 Å². The Labute approximate surface area is 74.7 Å². The summed E-state index contributed by atoms with van der Waals surface area (Å²) in [6, 6.07) is 0. The third-order valence-corrected chi connectivity index (χ3v) is 2.14. The summed E-state index contributed by atoms with van der Waals surface area (Å²) in [4.78, 5) is 0. The van der Waals surface area contributed by atoms with E-state index in [1.165, 1.54) is 12.8 Å². The summed E-state index contributed by atoms with van der Waals surface area (Å²) in [6.07, 6.45) is 9.18. The van der Waals surface area contributed by atoms with E-state index in [1.807, 2.05) is 0 Å². The summed E-state index contributed by atoms with van der Waals surface area (Å²) >= 11 is 0. The van der Waals surface area contributed by atoms with Gasteiger partial charge in [-0.15, -0.1) is 12.3 Å². The van der Waals surface area contributed by atoms with Crippen LogP contribution >= 0.6 is 0 Å². The molecule has 1 rings (SSSR count). The van der Waals surface area contributed by atoms with Crippen molar-refractivity contribution in [2.24, 2.45) is 0 Å². The van der Waals surface area contributed by atoms with Crippen LogP contribution in [0.15, 0.2) is 0 Å². The van der Waals surface area contributed by atoms with Crippen molar-refractivity contribution in [2.75, 3.05) is 13.1 Å². The van der Waals surface area contributed by atoms with Crippen molar-refractivity contribution in [3.8, 4) is 12.3 Å². The van der Waals surface area contributed by atoms with Crippen LogP contribution in [0.3, 0.4) is 0 Å². The minimum atomic E-state index is 0.415. The van der Waals surface area contributed by atoms with Gasteiger partial charge in [-0.1, -0.05) is 0 Å². The predicted octanol–water partition coefficient (Wildman–Crippen LogP) is 1.17. The van der Waals surface area contributed by atoms with Crippen LogP contribution in [-0.4, -0.2) is 25.3 Å². The maximum atomic E-state index is 5.63. The lowest BCUT2D eigenvalue weighted by molar-refractivity contribution is 0.0563. The van der Waals surface area contributed by atoms with E-state index in [2.05, 4.69) is 18.2 Å². The van der Waals surface area contributed by atoms with E-state index in [9.17, 15) is 0 Å². The molecule has 2 unspecified atom stereocenters. The quantitative estimate of drug-likeness (QED) is 0.501. The molecule has 12 heavy (non-hydrogen) atoms. The van der Waals surface area contributed by atoms with E-state index in [-0.39, 0.29) is 0 Å². The van der Waals surface area contributed by atoms with Crippen LogP contribution < -0.4 is 5.32 Å². The zero-order valence-electron chi connectivity index (χ0n) is 7.68. The number of rotatable bonds is 4. The molecule has 1 heterocycles. The van der Waals surface area contributed by atoms with Gasteiger partial charge in [0.15, 0.2) is 0 Å². The Kier molecular flexibility index (Phi) is 4.13. The zero-order valence-corrected chi connectivity index (χ0v) is 7.68. The first-order chi connectivity index (χ1) is 5.83. The fourth-order valence-corrected chi connectivity index (χ4v) is 1.46. The van der Waals surface area contributed by atoms with Gasteiger partial charge in [0.2, 0.25) is 0 Å². The lowest BCUT2D eigenvalue weighted by Gasteiger charge is -2.10. The lowest BCUT2D eigenvalue weighted by atomic mass is 10.2. The summed E-state index contributed by atoms with van der Waals surface area (Å²) in [6.45, 7) is 3.98. The predicted molar refractivity (Wildman–Crippen MR) is 49.9 cm³/mol. The fraction of sp³-hybridized carbons (Fsp3) is 0.800. The molecule has 1 aliphatic rings. The summed E-state index contributed by atoms with van der Waals surface area (Å²) in [5.41, 5.74) is 0. The second-order valence-electron chi connectivity index (χ2n) is 3.30. The molecule has 1 saturated heterocycles. The van der Waals surface area contributed by atoms with Crippen LogP contribution in [0, 0.1) is 12.3 Å². The van der Waals surface area contributed by atoms with Crippen LogP contribution in [0.4, 0.5) is 0 Å². The highest BCUT2D eigenvalue weighted by molar-refractivity contribution is 4.84. The molecule has 1 fully saturated rings. The summed E-state index contributed by atoms with van der Waals surface area (Å²) < 4.78 is 5.63. The Bertz CT molecular complexity index is 162. The van der Waals surface area contributed by atoms with E-state index in [4.69, 9.17) is 11.2 Å². The monoisotopic (exact) mass is 167 g/mol. The van der Waals surface area contributed by atoms with Gasteiger partial charge in [-0.25, -0.2) is 0 Å². The first-order valence-electron chi connectivity index (χ1n) is 4.62. The van der Waals surface area contributed by atoms with Gasteiger partial charge in [0, 0.05) is 19.5 Å². The zero-order chi connectivity index (χ0) is 8.81. The highest BCUT2D eigenvalue weighted by atomic mass is 16.5. The van der Waals surface area contributed by atoms with Crippen molar-refractivity contribution in [1.82, 2.24) is 5.32 Å². The molecule has 2 heteroatoms. The van der Waals surface area contributed by atoms with Crippen molar-refractivity contribution < 1.29 is 4.74 Å². The summed E-state index contributed by atoms with van der Waals surface area (Å²) in [7, 11) is 0. The third kappa shape index (κ3) is 3.25. The lowest BCUT2D eigenvalue weighted by Crippen LogP contribution is -2.27. The normalized spacial score (nSPS) is 28.7. The van der Waals surface area contributed by atoms with Crippen molar-refractivity contribution in [2.45, 2.75) is 38.4 Å². The molecule has 0 amide bonds. The van der Waals surface area contributed by atoms with Crippen LogP contribution in [0.5, 0.6) is 0 Å². The molecule has 1 N–H and O–H groups in total. The molecule has 0 bridgehead atoms. The van der Waals surface area contributed by atoms with Gasteiger partial charge in [0.25, 0.3) is 0 Å². The average molecular weight is 167 g/mol.